The summed E-state index contributed by atoms with van der Waals surface area (Å²) in [6.45, 7) is 6.08. The Morgan fingerprint density at radius 1 is 1.19 bits per heavy atom. The van der Waals surface area contributed by atoms with E-state index in [0.717, 1.165) is 27.7 Å². The zero-order chi connectivity index (χ0) is 18.6. The first-order valence-corrected chi connectivity index (χ1v) is 8.85. The number of hydrogen-bond acceptors (Lipinski definition) is 4. The van der Waals surface area contributed by atoms with Crippen molar-refractivity contribution in [3.8, 4) is 11.1 Å². The van der Waals surface area contributed by atoms with Crippen LogP contribution in [-0.2, 0) is 4.74 Å². The standard InChI is InChI=1S/C21H20N4O2/c1-2-3-4-15-13-23-20-19(15)10-17(14-24-20)16-9-18(12-22-11-16)21(26)25-5-7-27-8-6-25/h2-4,9-14H,1,5-8H2,(H,23,24)/b4-3+. The number of pyridine rings is 2. The molecule has 136 valence electrons. The Kier molecular flexibility index (Phi) is 4.80. The summed E-state index contributed by atoms with van der Waals surface area (Å²) in [7, 11) is 0. The fraction of sp³-hybridized carbons (Fsp3) is 0.190. The van der Waals surface area contributed by atoms with Gasteiger partial charge in [-0.05, 0) is 12.1 Å². The molecule has 4 heterocycles. The van der Waals surface area contributed by atoms with Crippen molar-refractivity contribution >= 4 is 23.0 Å². The predicted octanol–water partition coefficient (Wildman–Crippen LogP) is 3.30. The third-order valence-electron chi connectivity index (χ3n) is 4.59. The summed E-state index contributed by atoms with van der Waals surface area (Å²) in [5, 5.41) is 1.01. The topological polar surface area (TPSA) is 71.1 Å². The second kappa shape index (κ2) is 7.55. The van der Waals surface area contributed by atoms with Gasteiger partial charge < -0.3 is 14.6 Å². The number of hydrogen-bond donors (Lipinski definition) is 1. The Morgan fingerprint density at radius 3 is 2.81 bits per heavy atom. The van der Waals surface area contributed by atoms with Crippen molar-refractivity contribution in [2.75, 3.05) is 26.3 Å². The van der Waals surface area contributed by atoms with Gasteiger partial charge in [-0.3, -0.25) is 9.78 Å². The number of nitrogens with one attached hydrogen (secondary N) is 1. The molecule has 3 aromatic heterocycles. The minimum atomic E-state index is -0.0158. The molecule has 3 aromatic rings. The zero-order valence-electron chi connectivity index (χ0n) is 14.9. The second-order valence-corrected chi connectivity index (χ2v) is 6.33. The number of morpholine rings is 1. The second-order valence-electron chi connectivity index (χ2n) is 6.33. The lowest BCUT2D eigenvalue weighted by Crippen LogP contribution is -2.40. The average Bonchev–Trinajstić information content (AvgIpc) is 3.14. The first kappa shape index (κ1) is 17.2. The van der Waals surface area contributed by atoms with Crippen LogP contribution in [0.1, 0.15) is 15.9 Å². The first-order valence-electron chi connectivity index (χ1n) is 8.85. The number of carbonyl (C=O) groups is 1. The summed E-state index contributed by atoms with van der Waals surface area (Å²) in [4.78, 5) is 26.5. The van der Waals surface area contributed by atoms with Crippen LogP contribution in [0.3, 0.4) is 0 Å². The number of carbonyl (C=O) groups excluding carboxylic acids is 1. The van der Waals surface area contributed by atoms with Gasteiger partial charge in [0.05, 0.1) is 18.8 Å². The zero-order valence-corrected chi connectivity index (χ0v) is 14.9. The Hall–Kier alpha value is -3.25. The number of aromatic nitrogens is 3. The van der Waals surface area contributed by atoms with Crippen molar-refractivity contribution in [3.63, 3.8) is 0 Å². The summed E-state index contributed by atoms with van der Waals surface area (Å²) in [5.74, 6) is -0.0158. The van der Waals surface area contributed by atoms with Crippen molar-refractivity contribution in [1.82, 2.24) is 19.9 Å². The van der Waals surface area contributed by atoms with E-state index in [0.29, 0.717) is 31.9 Å². The number of ether oxygens (including phenoxy) is 1. The summed E-state index contributed by atoms with van der Waals surface area (Å²) in [5.41, 5.74) is 4.21. The highest BCUT2D eigenvalue weighted by Crippen LogP contribution is 2.26. The molecule has 0 spiro atoms. The van der Waals surface area contributed by atoms with Gasteiger partial charge in [-0.15, -0.1) is 0 Å². The van der Waals surface area contributed by atoms with Crippen LogP contribution in [-0.4, -0.2) is 52.1 Å². The lowest BCUT2D eigenvalue weighted by molar-refractivity contribution is 0.0302. The summed E-state index contributed by atoms with van der Waals surface area (Å²) >= 11 is 0. The Labute approximate surface area is 157 Å². The third kappa shape index (κ3) is 3.52. The fourth-order valence-corrected chi connectivity index (χ4v) is 3.15. The van der Waals surface area contributed by atoms with E-state index in [9.17, 15) is 4.79 Å². The number of H-pyrrole nitrogens is 1. The van der Waals surface area contributed by atoms with E-state index < -0.39 is 0 Å². The molecule has 0 bridgehead atoms. The van der Waals surface area contributed by atoms with E-state index in [1.807, 2.05) is 24.4 Å². The number of allylic oxidation sites excluding steroid dienone is 2. The van der Waals surface area contributed by atoms with Gasteiger partial charge in [-0.25, -0.2) is 4.98 Å². The molecule has 4 rings (SSSR count). The van der Waals surface area contributed by atoms with Gasteiger partial charge in [-0.1, -0.05) is 24.8 Å². The van der Waals surface area contributed by atoms with E-state index in [1.54, 1.807) is 29.6 Å². The van der Waals surface area contributed by atoms with Gasteiger partial charge in [0.1, 0.15) is 5.65 Å². The van der Waals surface area contributed by atoms with E-state index in [2.05, 4.69) is 27.6 Å². The molecule has 6 heteroatoms. The molecule has 27 heavy (non-hydrogen) atoms. The monoisotopic (exact) mass is 360 g/mol. The smallest absolute Gasteiger partial charge is 0.255 e. The van der Waals surface area contributed by atoms with Crippen LogP contribution in [0.2, 0.25) is 0 Å². The molecule has 1 aliphatic heterocycles. The van der Waals surface area contributed by atoms with Gasteiger partial charge in [-0.2, -0.15) is 0 Å². The third-order valence-corrected chi connectivity index (χ3v) is 4.59. The first-order chi connectivity index (χ1) is 13.3. The van der Waals surface area contributed by atoms with E-state index in [1.165, 1.54) is 0 Å². The molecule has 0 unspecified atom stereocenters. The number of aromatic amines is 1. The molecule has 0 aromatic carbocycles. The summed E-state index contributed by atoms with van der Waals surface area (Å²) < 4.78 is 5.32. The lowest BCUT2D eigenvalue weighted by Gasteiger charge is -2.26. The van der Waals surface area contributed by atoms with Crippen LogP contribution in [0.25, 0.3) is 28.2 Å². The maximum Gasteiger partial charge on any atom is 0.255 e. The van der Waals surface area contributed by atoms with E-state index in [-0.39, 0.29) is 5.91 Å². The molecular formula is C21H20N4O2. The quantitative estimate of drug-likeness (QED) is 0.725. The largest absolute Gasteiger partial charge is 0.378 e. The van der Waals surface area contributed by atoms with Crippen molar-refractivity contribution in [3.05, 3.63) is 66.8 Å². The van der Waals surface area contributed by atoms with Crippen LogP contribution in [0.5, 0.6) is 0 Å². The lowest BCUT2D eigenvalue weighted by atomic mass is 10.1. The minimum absolute atomic E-state index is 0.0158. The maximum absolute atomic E-state index is 12.7. The highest BCUT2D eigenvalue weighted by molar-refractivity contribution is 5.96. The SMILES string of the molecule is C=C/C=C/c1c[nH]c2ncc(-c3cncc(C(=O)N4CCOCC4)c3)cc12. The highest BCUT2D eigenvalue weighted by atomic mass is 16.5. The number of fused-ring (bicyclic) bond motifs is 1. The molecule has 1 amide bonds. The van der Waals surface area contributed by atoms with E-state index in [4.69, 9.17) is 4.74 Å². The van der Waals surface area contributed by atoms with Crippen molar-refractivity contribution in [2.24, 2.45) is 0 Å². The molecule has 0 saturated carbocycles. The number of nitrogens with zero attached hydrogens (tertiary/aromatic N) is 3. The minimum Gasteiger partial charge on any atom is -0.378 e. The van der Waals surface area contributed by atoms with E-state index >= 15 is 0 Å². The van der Waals surface area contributed by atoms with Gasteiger partial charge >= 0.3 is 0 Å². The van der Waals surface area contributed by atoms with Gasteiger partial charge in [0, 0.05) is 60.0 Å². The molecule has 1 N–H and O–H groups in total. The van der Waals surface area contributed by atoms with Crippen LogP contribution >= 0.6 is 0 Å². The van der Waals surface area contributed by atoms with Crippen LogP contribution in [0.15, 0.2) is 55.7 Å². The molecule has 1 saturated heterocycles. The number of amides is 1. The Morgan fingerprint density at radius 2 is 2.00 bits per heavy atom. The Bertz CT molecular complexity index is 1020. The molecule has 0 radical (unpaired) electrons. The van der Waals surface area contributed by atoms with Crippen LogP contribution in [0, 0.1) is 0 Å². The van der Waals surface area contributed by atoms with Crippen molar-refractivity contribution in [1.29, 1.82) is 0 Å². The fourth-order valence-electron chi connectivity index (χ4n) is 3.15. The molecule has 1 fully saturated rings. The normalized spacial score (nSPS) is 14.7. The summed E-state index contributed by atoms with van der Waals surface area (Å²) in [6, 6.07) is 3.93. The summed E-state index contributed by atoms with van der Waals surface area (Å²) in [6.07, 6.45) is 12.7. The molecular weight excluding hydrogens is 340 g/mol. The predicted molar refractivity (Wildman–Crippen MR) is 105 cm³/mol. The average molecular weight is 360 g/mol. The Balaban J connectivity index is 1.68. The van der Waals surface area contributed by atoms with Crippen LogP contribution < -0.4 is 0 Å². The van der Waals surface area contributed by atoms with Crippen LogP contribution in [0.4, 0.5) is 0 Å². The molecule has 0 atom stereocenters. The van der Waals surface area contributed by atoms with Gasteiger partial charge in [0.25, 0.3) is 5.91 Å². The van der Waals surface area contributed by atoms with Crippen molar-refractivity contribution < 1.29 is 9.53 Å². The molecule has 6 nitrogen and oxygen atoms in total. The van der Waals surface area contributed by atoms with Gasteiger partial charge in [0.15, 0.2) is 0 Å². The number of rotatable bonds is 4. The van der Waals surface area contributed by atoms with Gasteiger partial charge in [0.2, 0.25) is 0 Å². The molecule has 1 aliphatic rings. The highest BCUT2D eigenvalue weighted by Gasteiger charge is 2.19. The molecule has 0 aliphatic carbocycles. The van der Waals surface area contributed by atoms with Crippen molar-refractivity contribution in [2.45, 2.75) is 0 Å². The maximum atomic E-state index is 12.7.